The third-order valence-corrected chi connectivity index (χ3v) is 6.31. The van der Waals surface area contributed by atoms with Gasteiger partial charge in [-0.2, -0.15) is 0 Å². The minimum absolute atomic E-state index is 0.120. The molecular formula is C24H22BrN3OS. The molecule has 6 heteroatoms. The van der Waals surface area contributed by atoms with Crippen LogP contribution in [0.3, 0.4) is 0 Å². The van der Waals surface area contributed by atoms with Crippen LogP contribution < -0.4 is 5.32 Å². The van der Waals surface area contributed by atoms with Crippen molar-refractivity contribution in [2.75, 3.05) is 0 Å². The molecule has 1 N–H and O–H groups in total. The monoisotopic (exact) mass is 479 g/mol. The molecule has 0 radical (unpaired) electrons. The molecule has 30 heavy (non-hydrogen) atoms. The highest BCUT2D eigenvalue weighted by atomic mass is 79.9. The number of aromatic nitrogens is 1. The average molecular weight is 480 g/mol. The van der Waals surface area contributed by atoms with E-state index in [1.54, 1.807) is 0 Å². The van der Waals surface area contributed by atoms with Crippen molar-refractivity contribution in [3.8, 4) is 5.69 Å². The molecule has 0 unspecified atom stereocenters. The lowest BCUT2D eigenvalue weighted by atomic mass is 10.1. The quantitative estimate of drug-likeness (QED) is 0.443. The summed E-state index contributed by atoms with van der Waals surface area (Å²) in [7, 11) is 0. The first-order valence-corrected chi connectivity index (χ1v) is 11.2. The molecule has 1 aliphatic rings. The fraction of sp³-hybridized carbons (Fsp3) is 0.167. The zero-order chi connectivity index (χ0) is 21.4. The van der Waals surface area contributed by atoms with Gasteiger partial charge in [-0.05, 0) is 98.6 Å². The molecule has 1 fully saturated rings. The molecule has 2 aromatic carbocycles. The Bertz CT molecular complexity index is 1200. The smallest absolute Gasteiger partial charge is 0.264 e. The molecule has 0 aliphatic carbocycles. The lowest BCUT2D eigenvalue weighted by Crippen LogP contribution is -2.19. The molecule has 1 aliphatic heterocycles. The van der Waals surface area contributed by atoms with Crippen molar-refractivity contribution < 1.29 is 4.79 Å². The SMILES string of the molecule is Cc1cc(C)cc(-n2c(C)cc(/C=C3\SC(=Nc4cccc(Br)c4)NC3=O)c2C)c1. The van der Waals surface area contributed by atoms with E-state index in [1.165, 1.54) is 22.9 Å². The fourth-order valence-corrected chi connectivity index (χ4v) is 4.92. The molecule has 4 nitrogen and oxygen atoms in total. The van der Waals surface area contributed by atoms with Crippen LogP contribution >= 0.6 is 27.7 Å². The summed E-state index contributed by atoms with van der Waals surface area (Å²) in [6.45, 7) is 8.40. The largest absolute Gasteiger partial charge is 0.318 e. The Hall–Kier alpha value is -2.57. The van der Waals surface area contributed by atoms with Gasteiger partial charge in [0.15, 0.2) is 5.17 Å². The van der Waals surface area contributed by atoms with Gasteiger partial charge in [0.25, 0.3) is 5.91 Å². The molecule has 1 amide bonds. The third-order valence-electron chi connectivity index (χ3n) is 4.91. The van der Waals surface area contributed by atoms with Crippen LogP contribution in [-0.4, -0.2) is 15.6 Å². The summed E-state index contributed by atoms with van der Waals surface area (Å²) < 4.78 is 3.19. The van der Waals surface area contributed by atoms with E-state index in [9.17, 15) is 4.79 Å². The highest BCUT2D eigenvalue weighted by molar-refractivity contribution is 9.10. The van der Waals surface area contributed by atoms with Crippen molar-refractivity contribution in [2.45, 2.75) is 27.7 Å². The minimum Gasteiger partial charge on any atom is -0.318 e. The summed E-state index contributed by atoms with van der Waals surface area (Å²) in [5, 5.41) is 3.45. The number of thioether (sulfide) groups is 1. The van der Waals surface area contributed by atoms with Gasteiger partial charge >= 0.3 is 0 Å². The summed E-state index contributed by atoms with van der Waals surface area (Å²) >= 11 is 4.81. The van der Waals surface area contributed by atoms with Crippen molar-refractivity contribution >= 4 is 50.5 Å². The van der Waals surface area contributed by atoms with Crippen LogP contribution in [0.25, 0.3) is 11.8 Å². The van der Waals surface area contributed by atoms with Crippen molar-refractivity contribution in [1.29, 1.82) is 0 Å². The summed E-state index contributed by atoms with van der Waals surface area (Å²) in [5.74, 6) is -0.120. The Morgan fingerprint density at radius 2 is 1.77 bits per heavy atom. The number of halogens is 1. The van der Waals surface area contributed by atoms with Crippen LogP contribution in [0, 0.1) is 27.7 Å². The van der Waals surface area contributed by atoms with Crippen LogP contribution in [-0.2, 0) is 4.79 Å². The topological polar surface area (TPSA) is 46.4 Å². The molecule has 152 valence electrons. The van der Waals surface area contributed by atoms with Gasteiger partial charge in [-0.25, -0.2) is 4.99 Å². The van der Waals surface area contributed by atoms with E-state index >= 15 is 0 Å². The maximum Gasteiger partial charge on any atom is 0.264 e. The van der Waals surface area contributed by atoms with Crippen LogP contribution in [0.4, 0.5) is 5.69 Å². The molecule has 1 aromatic heterocycles. The zero-order valence-electron chi connectivity index (χ0n) is 17.3. The second-order valence-electron chi connectivity index (χ2n) is 7.47. The summed E-state index contributed by atoms with van der Waals surface area (Å²) in [6.07, 6.45) is 1.95. The number of hydrogen-bond donors (Lipinski definition) is 1. The third kappa shape index (κ3) is 4.30. The molecule has 0 spiro atoms. The van der Waals surface area contributed by atoms with Crippen molar-refractivity contribution in [3.05, 3.63) is 86.0 Å². The van der Waals surface area contributed by atoms with Gasteiger partial charge in [-0.15, -0.1) is 0 Å². The van der Waals surface area contributed by atoms with Crippen LogP contribution in [0.2, 0.25) is 0 Å². The molecular weight excluding hydrogens is 458 g/mol. The van der Waals surface area contributed by atoms with Gasteiger partial charge in [-0.1, -0.05) is 28.1 Å². The number of aryl methyl sites for hydroxylation is 3. The highest BCUT2D eigenvalue weighted by Crippen LogP contribution is 2.31. The zero-order valence-corrected chi connectivity index (χ0v) is 19.7. The number of aliphatic imine (C=N–C) groups is 1. The van der Waals surface area contributed by atoms with Gasteiger partial charge in [0.1, 0.15) is 0 Å². The molecule has 0 bridgehead atoms. The maximum absolute atomic E-state index is 12.5. The number of benzene rings is 2. The second-order valence-corrected chi connectivity index (χ2v) is 9.42. The summed E-state index contributed by atoms with van der Waals surface area (Å²) in [4.78, 5) is 17.7. The van der Waals surface area contributed by atoms with Crippen LogP contribution in [0.15, 0.2) is 62.9 Å². The molecule has 1 saturated heterocycles. The Balaban J connectivity index is 1.66. The number of carbonyl (C=O) groups excluding carboxylic acids is 1. The minimum atomic E-state index is -0.120. The van der Waals surface area contributed by atoms with Crippen molar-refractivity contribution in [3.63, 3.8) is 0 Å². The van der Waals surface area contributed by atoms with Gasteiger partial charge in [0.2, 0.25) is 0 Å². The van der Waals surface area contributed by atoms with Gasteiger partial charge < -0.3 is 9.88 Å². The Labute approximate surface area is 189 Å². The molecule has 4 rings (SSSR count). The molecule has 0 saturated carbocycles. The van der Waals surface area contributed by atoms with Crippen molar-refractivity contribution in [2.24, 2.45) is 4.99 Å². The molecule has 3 aromatic rings. The van der Waals surface area contributed by atoms with Crippen LogP contribution in [0.1, 0.15) is 28.1 Å². The number of rotatable bonds is 3. The normalized spacial score (nSPS) is 16.5. The number of amides is 1. The average Bonchev–Trinajstić information content (AvgIpc) is 3.13. The first-order valence-electron chi connectivity index (χ1n) is 9.63. The number of carbonyl (C=O) groups is 1. The highest BCUT2D eigenvalue weighted by Gasteiger charge is 2.24. The van der Waals surface area contributed by atoms with E-state index in [2.05, 4.69) is 82.8 Å². The Kier molecular flexibility index (Phi) is 5.71. The molecule has 0 atom stereocenters. The first kappa shape index (κ1) is 20.7. The standard InChI is InChI=1S/C24H22BrN3OS/c1-14-8-15(2)10-21(9-14)28-16(3)11-18(17(28)4)12-22-23(29)27-24(30-22)26-20-7-5-6-19(25)13-20/h5-13H,1-4H3,(H,26,27,29)/b22-12-. The number of hydrogen-bond acceptors (Lipinski definition) is 3. The van der Waals surface area contributed by atoms with E-state index in [1.807, 2.05) is 30.3 Å². The lowest BCUT2D eigenvalue weighted by molar-refractivity contribution is -0.115. The van der Waals surface area contributed by atoms with E-state index in [-0.39, 0.29) is 5.91 Å². The van der Waals surface area contributed by atoms with E-state index in [0.29, 0.717) is 10.1 Å². The van der Waals surface area contributed by atoms with E-state index < -0.39 is 0 Å². The number of nitrogens with one attached hydrogen (secondary N) is 1. The predicted octanol–water partition coefficient (Wildman–Crippen LogP) is 6.37. The van der Waals surface area contributed by atoms with Crippen LogP contribution in [0.5, 0.6) is 0 Å². The van der Waals surface area contributed by atoms with Gasteiger partial charge in [0, 0.05) is 21.5 Å². The lowest BCUT2D eigenvalue weighted by Gasteiger charge is -2.12. The van der Waals surface area contributed by atoms with Crippen molar-refractivity contribution in [1.82, 2.24) is 9.88 Å². The predicted molar refractivity (Wildman–Crippen MR) is 130 cm³/mol. The van der Waals surface area contributed by atoms with Gasteiger partial charge in [0.05, 0.1) is 10.6 Å². The summed E-state index contributed by atoms with van der Waals surface area (Å²) in [5.41, 5.74) is 7.68. The number of amidine groups is 1. The summed E-state index contributed by atoms with van der Waals surface area (Å²) in [6, 6.07) is 16.4. The van der Waals surface area contributed by atoms with E-state index in [4.69, 9.17) is 0 Å². The Morgan fingerprint density at radius 3 is 2.47 bits per heavy atom. The maximum atomic E-state index is 12.5. The second kappa shape index (κ2) is 8.28. The molecule has 2 heterocycles. The Morgan fingerprint density at radius 1 is 1.03 bits per heavy atom. The fourth-order valence-electron chi connectivity index (χ4n) is 3.70. The van der Waals surface area contributed by atoms with Gasteiger partial charge in [-0.3, -0.25) is 4.79 Å². The number of nitrogens with zero attached hydrogens (tertiary/aromatic N) is 2. The first-order chi connectivity index (χ1) is 14.3. The van der Waals surface area contributed by atoms with E-state index in [0.717, 1.165) is 32.8 Å².